The summed E-state index contributed by atoms with van der Waals surface area (Å²) in [6.45, 7) is 4.73. The minimum atomic E-state index is -3.97. The van der Waals surface area contributed by atoms with Crippen LogP contribution in [0.2, 0.25) is 0 Å². The molecule has 0 saturated heterocycles. The second-order valence-electron chi connectivity index (χ2n) is 7.78. The molecule has 0 fully saturated rings. The number of rotatable bonds is 10. The fourth-order valence-corrected chi connectivity index (χ4v) is 4.02. The Morgan fingerprint density at radius 1 is 0.969 bits per heavy atom. The molecule has 32 heavy (non-hydrogen) atoms. The van der Waals surface area contributed by atoms with Gasteiger partial charge >= 0.3 is 10.1 Å². The Hall–Kier alpha value is -3.26. The summed E-state index contributed by atoms with van der Waals surface area (Å²) in [5.41, 5.74) is 0.850. The monoisotopic (exact) mass is 457 g/mol. The molecule has 0 unspecified atom stereocenters. The third kappa shape index (κ3) is 6.37. The van der Waals surface area contributed by atoms with Crippen LogP contribution in [-0.2, 0) is 28.0 Å². The summed E-state index contributed by atoms with van der Waals surface area (Å²) in [6.07, 6.45) is 2.01. The van der Waals surface area contributed by atoms with Crippen LogP contribution in [0.4, 0.5) is 0 Å². The number of benzene rings is 2. The highest BCUT2D eigenvalue weighted by molar-refractivity contribution is 7.87. The van der Waals surface area contributed by atoms with Crippen molar-refractivity contribution in [2.24, 2.45) is 5.92 Å². The van der Waals surface area contributed by atoms with Gasteiger partial charge in [0.2, 0.25) is 5.91 Å². The van der Waals surface area contributed by atoms with Crippen molar-refractivity contribution in [1.82, 2.24) is 4.90 Å². The van der Waals surface area contributed by atoms with Gasteiger partial charge in [-0.2, -0.15) is 8.42 Å². The van der Waals surface area contributed by atoms with Crippen LogP contribution in [0.1, 0.15) is 31.6 Å². The van der Waals surface area contributed by atoms with E-state index in [1.54, 1.807) is 53.6 Å². The summed E-state index contributed by atoms with van der Waals surface area (Å²) in [5.74, 6) is 1.71. The van der Waals surface area contributed by atoms with Crippen molar-refractivity contribution in [3.63, 3.8) is 0 Å². The number of furan rings is 1. The summed E-state index contributed by atoms with van der Waals surface area (Å²) in [4.78, 5) is 14.5. The van der Waals surface area contributed by atoms with Crippen molar-refractivity contribution in [3.8, 4) is 11.5 Å². The van der Waals surface area contributed by atoms with Gasteiger partial charge in [0.15, 0.2) is 0 Å². The normalized spacial score (nSPS) is 11.4. The number of carbonyl (C=O) groups is 1. The van der Waals surface area contributed by atoms with Gasteiger partial charge in [-0.1, -0.05) is 26.0 Å². The summed E-state index contributed by atoms with van der Waals surface area (Å²) in [6, 6.07) is 16.2. The number of amides is 1. The van der Waals surface area contributed by atoms with Crippen molar-refractivity contribution >= 4 is 16.0 Å². The van der Waals surface area contributed by atoms with Crippen LogP contribution in [0, 0.1) is 5.92 Å². The van der Waals surface area contributed by atoms with E-state index in [4.69, 9.17) is 13.3 Å². The molecule has 7 nitrogen and oxygen atoms in total. The van der Waals surface area contributed by atoms with Crippen LogP contribution in [0.5, 0.6) is 11.5 Å². The van der Waals surface area contributed by atoms with Gasteiger partial charge in [-0.25, -0.2) is 0 Å². The first-order chi connectivity index (χ1) is 15.3. The number of methoxy groups -OCH3 is 1. The Morgan fingerprint density at radius 3 is 2.19 bits per heavy atom. The quantitative estimate of drug-likeness (QED) is 0.413. The van der Waals surface area contributed by atoms with Gasteiger partial charge in [0, 0.05) is 13.0 Å². The van der Waals surface area contributed by atoms with Gasteiger partial charge in [-0.15, -0.1) is 0 Å². The molecule has 1 heterocycles. The van der Waals surface area contributed by atoms with Crippen molar-refractivity contribution < 1.29 is 26.5 Å². The van der Waals surface area contributed by atoms with E-state index in [2.05, 4.69) is 0 Å². The molecule has 8 heteroatoms. The average Bonchev–Trinajstić information content (AvgIpc) is 3.27. The summed E-state index contributed by atoms with van der Waals surface area (Å²) < 4.78 is 40.7. The lowest BCUT2D eigenvalue weighted by Gasteiger charge is -2.23. The third-order valence-electron chi connectivity index (χ3n) is 4.71. The molecule has 0 atom stereocenters. The second kappa shape index (κ2) is 10.4. The summed E-state index contributed by atoms with van der Waals surface area (Å²) >= 11 is 0. The van der Waals surface area contributed by atoms with Crippen molar-refractivity contribution in [2.45, 2.75) is 38.3 Å². The van der Waals surface area contributed by atoms with Crippen molar-refractivity contribution in [1.29, 1.82) is 0 Å². The predicted molar refractivity (Wildman–Crippen MR) is 120 cm³/mol. The van der Waals surface area contributed by atoms with Gasteiger partial charge < -0.3 is 18.2 Å². The molecular weight excluding hydrogens is 430 g/mol. The Kier molecular flexibility index (Phi) is 7.58. The number of ether oxygens (including phenoxy) is 1. The van der Waals surface area contributed by atoms with Crippen LogP contribution >= 0.6 is 0 Å². The number of hydrogen-bond acceptors (Lipinski definition) is 6. The minimum Gasteiger partial charge on any atom is -0.497 e. The SMILES string of the molecule is COc1ccc(S(=O)(=O)Oc2ccc(CN(Cc3ccco3)C(=O)CC(C)C)cc2)cc1. The molecule has 2 aromatic carbocycles. The lowest BCUT2D eigenvalue weighted by molar-refractivity contribution is -0.133. The molecule has 0 bridgehead atoms. The van der Waals surface area contributed by atoms with Crippen LogP contribution < -0.4 is 8.92 Å². The van der Waals surface area contributed by atoms with E-state index in [1.807, 2.05) is 19.9 Å². The van der Waals surface area contributed by atoms with Gasteiger partial charge in [0.05, 0.1) is 19.9 Å². The van der Waals surface area contributed by atoms with Crippen molar-refractivity contribution in [2.75, 3.05) is 7.11 Å². The Morgan fingerprint density at radius 2 is 1.62 bits per heavy atom. The Balaban J connectivity index is 1.70. The molecule has 0 radical (unpaired) electrons. The highest BCUT2D eigenvalue weighted by atomic mass is 32.2. The largest absolute Gasteiger partial charge is 0.497 e. The van der Waals surface area contributed by atoms with Gasteiger partial charge in [0.1, 0.15) is 22.2 Å². The molecule has 170 valence electrons. The van der Waals surface area contributed by atoms with E-state index in [9.17, 15) is 13.2 Å². The van der Waals surface area contributed by atoms with Crippen LogP contribution in [0.25, 0.3) is 0 Å². The van der Waals surface area contributed by atoms with Crippen molar-refractivity contribution in [3.05, 3.63) is 78.3 Å². The zero-order chi connectivity index (χ0) is 23.1. The minimum absolute atomic E-state index is 0.0267. The smallest absolute Gasteiger partial charge is 0.339 e. The van der Waals surface area contributed by atoms with E-state index in [0.29, 0.717) is 31.0 Å². The topological polar surface area (TPSA) is 86.1 Å². The van der Waals surface area contributed by atoms with Gasteiger partial charge in [-0.3, -0.25) is 4.79 Å². The molecule has 0 aliphatic heterocycles. The predicted octanol–water partition coefficient (Wildman–Crippen LogP) is 4.63. The van der Waals surface area contributed by atoms with Crippen LogP contribution in [0.3, 0.4) is 0 Å². The zero-order valence-corrected chi connectivity index (χ0v) is 19.2. The molecule has 1 aromatic heterocycles. The number of carbonyl (C=O) groups excluding carboxylic acids is 1. The lowest BCUT2D eigenvalue weighted by atomic mass is 10.1. The van der Waals surface area contributed by atoms with E-state index < -0.39 is 10.1 Å². The first-order valence-electron chi connectivity index (χ1n) is 10.2. The average molecular weight is 458 g/mol. The first-order valence-corrected chi connectivity index (χ1v) is 11.7. The fraction of sp³-hybridized carbons (Fsp3) is 0.292. The Labute approximate surface area is 188 Å². The summed E-state index contributed by atoms with van der Waals surface area (Å²) in [5, 5.41) is 0. The first kappa shape index (κ1) is 23.4. The molecule has 0 saturated carbocycles. The molecule has 0 aliphatic rings. The van der Waals surface area contributed by atoms with E-state index in [0.717, 1.165) is 5.56 Å². The summed E-state index contributed by atoms with van der Waals surface area (Å²) in [7, 11) is -2.46. The number of hydrogen-bond donors (Lipinski definition) is 0. The highest BCUT2D eigenvalue weighted by Gasteiger charge is 2.19. The Bertz CT molecular complexity index is 1100. The zero-order valence-electron chi connectivity index (χ0n) is 18.4. The molecule has 3 aromatic rings. The van der Waals surface area contributed by atoms with E-state index in [-0.39, 0.29) is 22.5 Å². The maximum atomic E-state index is 12.7. The molecular formula is C24H27NO6S. The fourth-order valence-electron chi connectivity index (χ4n) is 3.09. The van der Waals surface area contributed by atoms with E-state index in [1.165, 1.54) is 19.2 Å². The molecule has 0 aliphatic carbocycles. The van der Waals surface area contributed by atoms with Gasteiger partial charge in [0.25, 0.3) is 0 Å². The molecule has 3 rings (SSSR count). The maximum Gasteiger partial charge on any atom is 0.339 e. The molecule has 0 N–H and O–H groups in total. The highest BCUT2D eigenvalue weighted by Crippen LogP contribution is 2.22. The standard InChI is InChI=1S/C24H27NO6S/c1-18(2)15-24(26)25(17-22-5-4-14-30-22)16-19-6-8-21(9-7-19)31-32(27,28)23-12-10-20(29-3)11-13-23/h4-14,18H,15-17H2,1-3H3. The third-order valence-corrected chi connectivity index (χ3v) is 5.97. The lowest BCUT2D eigenvalue weighted by Crippen LogP contribution is -2.30. The molecule has 1 amide bonds. The molecule has 0 spiro atoms. The van der Waals surface area contributed by atoms with Crippen LogP contribution in [-0.4, -0.2) is 26.3 Å². The second-order valence-corrected chi connectivity index (χ2v) is 9.33. The van der Waals surface area contributed by atoms with Crippen LogP contribution in [0.15, 0.2) is 76.2 Å². The maximum absolute atomic E-state index is 12.7. The number of nitrogens with zero attached hydrogens (tertiary/aromatic N) is 1. The van der Waals surface area contributed by atoms with Gasteiger partial charge in [-0.05, 0) is 60.0 Å². The van der Waals surface area contributed by atoms with E-state index >= 15 is 0 Å².